The van der Waals surface area contributed by atoms with E-state index in [1.54, 1.807) is 4.90 Å². The lowest BCUT2D eigenvalue weighted by atomic mass is 9.85. The second-order valence-corrected chi connectivity index (χ2v) is 13.9. The molecule has 0 saturated heterocycles. The highest BCUT2D eigenvalue weighted by Crippen LogP contribution is 2.52. The van der Waals surface area contributed by atoms with Gasteiger partial charge in [-0.25, -0.2) is 8.42 Å². The molecule has 2 unspecified atom stereocenters. The van der Waals surface area contributed by atoms with Gasteiger partial charge in [0.05, 0.1) is 23.3 Å². The largest absolute Gasteiger partial charge is 0.509 e. The third kappa shape index (κ3) is 5.16. The number of nitrogens with one attached hydrogen (secondary N) is 2. The smallest absolute Gasteiger partial charge is 0.348 e. The topological polar surface area (TPSA) is 137 Å². The number of amidine groups is 1. The molecular formula is C22H33N4O6PS. The molecule has 0 aliphatic carbocycles. The first-order valence-electron chi connectivity index (χ1n) is 11.0. The molecule has 0 fully saturated rings. The van der Waals surface area contributed by atoms with Gasteiger partial charge in [0.1, 0.15) is 11.3 Å². The van der Waals surface area contributed by atoms with Crippen molar-refractivity contribution in [2.24, 2.45) is 16.1 Å². The first kappa shape index (κ1) is 26.2. The summed E-state index contributed by atoms with van der Waals surface area (Å²) in [7, 11) is -6.20. The maximum atomic E-state index is 13.6. The number of aliphatic hydroxyl groups excluding tert-OH is 1. The summed E-state index contributed by atoms with van der Waals surface area (Å²) in [4.78, 5) is 15.1. The molecule has 10 nitrogen and oxygen atoms in total. The number of rotatable bonds is 7. The first-order chi connectivity index (χ1) is 15.6. The zero-order valence-electron chi connectivity index (χ0n) is 20.5. The fourth-order valence-electron chi connectivity index (χ4n) is 4.12. The summed E-state index contributed by atoms with van der Waals surface area (Å²) in [5.74, 6) is -0.204. The van der Waals surface area contributed by atoms with Crippen LogP contribution in [0.3, 0.4) is 0 Å². The lowest BCUT2D eigenvalue weighted by Gasteiger charge is -2.35. The van der Waals surface area contributed by atoms with Crippen LogP contribution in [0.25, 0.3) is 0 Å². The van der Waals surface area contributed by atoms with Crippen LogP contribution in [0.15, 0.2) is 34.3 Å². The zero-order chi connectivity index (χ0) is 25.6. The summed E-state index contributed by atoms with van der Waals surface area (Å²) in [5, 5.41) is 14.3. The van der Waals surface area contributed by atoms with Crippen LogP contribution < -0.4 is 15.3 Å². The monoisotopic (exact) mass is 512 g/mol. The van der Waals surface area contributed by atoms with Crippen LogP contribution in [0, 0.1) is 11.3 Å². The minimum atomic E-state index is -3.87. The summed E-state index contributed by atoms with van der Waals surface area (Å²) in [5.41, 5.74) is 0.0498. The molecule has 2 heterocycles. The number of hydrogen-bond acceptors (Lipinski definition) is 7. The molecule has 1 aromatic carbocycles. The lowest BCUT2D eigenvalue weighted by Crippen LogP contribution is -2.44. The van der Waals surface area contributed by atoms with Crippen molar-refractivity contribution in [2.75, 3.05) is 29.9 Å². The molecular weight excluding hydrogens is 479 g/mol. The molecule has 3 N–H and O–H groups in total. The predicted molar refractivity (Wildman–Crippen MR) is 134 cm³/mol. The molecule has 1 aromatic rings. The van der Waals surface area contributed by atoms with Gasteiger partial charge in [0.25, 0.3) is 5.91 Å². The standard InChI is InChI=1S/C22H33N4O6PS/c1-13(2)10-11-26-19(22(3,4)5)18(27)17(21(26)28)20-23-15-9-8-14(25-34(7,30)31)12-16(15)33(29,24-20)32-6/h8-9,12-13,19,25,27H,10-11H2,1-7H3,(H,23,24,29). The Hall–Kier alpha value is -2.36. The van der Waals surface area contributed by atoms with Crippen molar-refractivity contribution in [3.05, 3.63) is 29.5 Å². The van der Waals surface area contributed by atoms with Crippen molar-refractivity contribution < 1.29 is 27.4 Å². The van der Waals surface area contributed by atoms with E-state index in [9.17, 15) is 22.9 Å². The number of sulfonamides is 1. The van der Waals surface area contributed by atoms with Crippen LogP contribution in [0.1, 0.15) is 41.0 Å². The molecule has 0 spiro atoms. The van der Waals surface area contributed by atoms with E-state index in [2.05, 4.69) is 28.6 Å². The number of amides is 1. The van der Waals surface area contributed by atoms with Crippen molar-refractivity contribution >= 4 is 46.0 Å². The van der Waals surface area contributed by atoms with Crippen molar-refractivity contribution in [2.45, 2.75) is 47.1 Å². The fourth-order valence-corrected chi connectivity index (χ4v) is 6.21. The maximum Gasteiger partial charge on any atom is 0.348 e. The Labute approximate surface area is 201 Å². The number of hydrogen-bond donors (Lipinski definition) is 3. The fraction of sp³-hybridized carbons (Fsp3) is 0.545. The van der Waals surface area contributed by atoms with Gasteiger partial charge in [0.2, 0.25) is 10.0 Å². The van der Waals surface area contributed by atoms with Gasteiger partial charge in [-0.3, -0.25) is 14.1 Å². The number of carbonyl (C=O) groups excluding carboxylic acids is 1. The van der Waals surface area contributed by atoms with Gasteiger partial charge in [-0.2, -0.15) is 4.76 Å². The van der Waals surface area contributed by atoms with Gasteiger partial charge >= 0.3 is 7.52 Å². The molecule has 3 rings (SSSR count). The van der Waals surface area contributed by atoms with E-state index in [1.807, 2.05) is 20.8 Å². The molecule has 2 aliphatic rings. The lowest BCUT2D eigenvalue weighted by molar-refractivity contribution is -0.128. The molecule has 0 radical (unpaired) electrons. The van der Waals surface area contributed by atoms with Crippen molar-refractivity contribution in [1.29, 1.82) is 0 Å². The summed E-state index contributed by atoms with van der Waals surface area (Å²) in [6.45, 7) is 10.4. The summed E-state index contributed by atoms with van der Waals surface area (Å²) in [6, 6.07) is 3.83. The predicted octanol–water partition coefficient (Wildman–Crippen LogP) is 3.46. The third-order valence-electron chi connectivity index (χ3n) is 5.64. The maximum absolute atomic E-state index is 13.6. The Bertz CT molecular complexity index is 1220. The zero-order valence-corrected chi connectivity index (χ0v) is 22.3. The van der Waals surface area contributed by atoms with Crippen molar-refractivity contribution in [3.63, 3.8) is 0 Å². The molecule has 2 aliphatic heterocycles. The third-order valence-corrected chi connectivity index (χ3v) is 8.19. The first-order valence-corrected chi connectivity index (χ1v) is 14.4. The number of benzene rings is 1. The average Bonchev–Trinajstić information content (AvgIpc) is 2.95. The Morgan fingerprint density at radius 2 is 1.97 bits per heavy atom. The Morgan fingerprint density at radius 3 is 2.50 bits per heavy atom. The van der Waals surface area contributed by atoms with Crippen LogP contribution >= 0.6 is 7.52 Å². The molecule has 0 aromatic heterocycles. The molecule has 1 amide bonds. The van der Waals surface area contributed by atoms with E-state index in [4.69, 9.17) is 4.52 Å². The number of aliphatic hydroxyl groups is 1. The SMILES string of the molecule is COP1(=O)N=C(C2=C(O)C(C(C)(C)C)N(CCC(C)C)C2=O)Nc2ccc(NS(C)(=O)=O)cc21. The van der Waals surface area contributed by atoms with E-state index < -0.39 is 34.9 Å². The molecule has 0 bridgehead atoms. The normalized spacial score (nSPS) is 23.2. The Balaban J connectivity index is 2.08. The van der Waals surface area contributed by atoms with Crippen molar-refractivity contribution in [3.8, 4) is 0 Å². The molecule has 12 heteroatoms. The minimum Gasteiger partial charge on any atom is -0.509 e. The Morgan fingerprint density at radius 1 is 1.32 bits per heavy atom. The molecule has 2 atom stereocenters. The second-order valence-electron chi connectivity index (χ2n) is 10.1. The van der Waals surface area contributed by atoms with Crippen LogP contribution in [0.4, 0.5) is 11.4 Å². The van der Waals surface area contributed by atoms with Gasteiger partial charge in [-0.15, -0.1) is 0 Å². The van der Waals surface area contributed by atoms with Gasteiger partial charge in [0, 0.05) is 19.3 Å². The number of fused-ring (bicyclic) bond motifs is 1. The number of anilines is 2. The molecule has 188 valence electrons. The van der Waals surface area contributed by atoms with Crippen LogP contribution in [0.5, 0.6) is 0 Å². The summed E-state index contributed by atoms with van der Waals surface area (Å²) < 4.78 is 48.7. The quantitative estimate of drug-likeness (QED) is 0.476. The van der Waals surface area contributed by atoms with Crippen LogP contribution in [-0.4, -0.2) is 56.1 Å². The molecule has 34 heavy (non-hydrogen) atoms. The average molecular weight is 513 g/mol. The van der Waals surface area contributed by atoms with E-state index in [0.29, 0.717) is 18.2 Å². The van der Waals surface area contributed by atoms with Crippen LogP contribution in [-0.2, 0) is 23.9 Å². The van der Waals surface area contributed by atoms with E-state index in [0.717, 1.165) is 12.7 Å². The highest BCUT2D eigenvalue weighted by Gasteiger charge is 2.48. The van der Waals surface area contributed by atoms with E-state index in [-0.39, 0.29) is 28.2 Å². The Kier molecular flexibility index (Phi) is 6.96. The minimum absolute atomic E-state index is 0.0368. The summed E-state index contributed by atoms with van der Waals surface area (Å²) >= 11 is 0. The molecule has 0 saturated carbocycles. The van der Waals surface area contributed by atoms with Gasteiger partial charge < -0.3 is 19.8 Å². The van der Waals surface area contributed by atoms with Crippen molar-refractivity contribution in [1.82, 2.24) is 4.90 Å². The van der Waals surface area contributed by atoms with Gasteiger partial charge in [0.15, 0.2) is 5.84 Å². The van der Waals surface area contributed by atoms with Gasteiger partial charge in [-0.1, -0.05) is 34.6 Å². The summed E-state index contributed by atoms with van der Waals surface area (Å²) in [6.07, 6.45) is 1.77. The number of nitrogens with zero attached hydrogens (tertiary/aromatic N) is 2. The van der Waals surface area contributed by atoms with E-state index >= 15 is 0 Å². The second kappa shape index (κ2) is 9.02. The van der Waals surface area contributed by atoms with E-state index in [1.165, 1.54) is 25.3 Å². The highest BCUT2D eigenvalue weighted by atomic mass is 32.2. The number of carbonyl (C=O) groups is 1. The van der Waals surface area contributed by atoms with Crippen LogP contribution in [0.2, 0.25) is 0 Å². The van der Waals surface area contributed by atoms with Gasteiger partial charge in [-0.05, 0) is 36.0 Å². The highest BCUT2D eigenvalue weighted by molar-refractivity contribution is 7.92.